The Bertz CT molecular complexity index is 4010. The molecule has 0 N–H and O–H groups in total. The molecule has 0 radical (unpaired) electrons. The van der Waals surface area contributed by atoms with Gasteiger partial charge < -0.3 is 8.98 Å². The number of hydrogen-bond acceptors (Lipinski definition) is 4. The van der Waals surface area contributed by atoms with Gasteiger partial charge in [0, 0.05) is 53.4 Å². The first-order chi connectivity index (χ1) is 30.7. The normalized spacial score (nSPS) is 12.5. The minimum absolute atomic E-state index is 0.608. The van der Waals surface area contributed by atoms with Gasteiger partial charge in [0.25, 0.3) is 0 Å². The third-order valence-electron chi connectivity index (χ3n) is 12.7. The molecular weight excluding hydrogens is 777 g/mol. The zero-order valence-electron chi connectivity index (χ0n) is 33.1. The highest BCUT2D eigenvalue weighted by molar-refractivity contribution is 7.99. The maximum Gasteiger partial charge on any atom is 0.236 e. The quantitative estimate of drug-likeness (QED) is 0.178. The number of para-hydroxylation sites is 3. The first-order valence-corrected chi connectivity index (χ1v) is 21.7. The molecule has 0 spiro atoms. The highest BCUT2D eigenvalue weighted by Gasteiger charge is 2.25. The van der Waals surface area contributed by atoms with Gasteiger partial charge in [-0.2, -0.15) is 0 Å². The lowest BCUT2D eigenvalue weighted by atomic mass is 9.93. The fourth-order valence-corrected chi connectivity index (χ4v) is 11.2. The van der Waals surface area contributed by atoms with Crippen molar-refractivity contribution in [3.8, 4) is 45.1 Å². The molecule has 4 aromatic heterocycles. The SMILES string of the molecule is c1ccc(-c2nc(-n3c4ccccc4c4cc(-c5ccc6c(c5)c5c7cccc8c7c(cc5n6-c5ccccc5)-c5ccccc5S8)ccc43)nc3c2oc2ccccc23)cc1. The highest BCUT2D eigenvalue weighted by atomic mass is 32.2. The Morgan fingerprint density at radius 3 is 1.92 bits per heavy atom. The average Bonchev–Trinajstić information content (AvgIpc) is 3.99. The van der Waals surface area contributed by atoms with Crippen molar-refractivity contribution in [2.45, 2.75) is 9.79 Å². The molecule has 0 bridgehead atoms. The van der Waals surface area contributed by atoms with E-state index >= 15 is 0 Å². The van der Waals surface area contributed by atoms with Gasteiger partial charge in [-0.25, -0.2) is 9.97 Å². The van der Waals surface area contributed by atoms with Crippen LogP contribution in [0.15, 0.2) is 208 Å². The second-order valence-electron chi connectivity index (χ2n) is 16.1. The molecule has 288 valence electrons. The van der Waals surface area contributed by atoms with Crippen molar-refractivity contribution >= 4 is 88.2 Å². The summed E-state index contributed by atoms with van der Waals surface area (Å²) in [6.45, 7) is 0. The Morgan fingerprint density at radius 2 is 1.06 bits per heavy atom. The minimum atomic E-state index is 0.608. The van der Waals surface area contributed by atoms with Crippen molar-refractivity contribution in [2.24, 2.45) is 0 Å². The lowest BCUT2D eigenvalue weighted by Crippen LogP contribution is -2.02. The largest absolute Gasteiger partial charge is 0.452 e. The molecule has 5 nitrogen and oxygen atoms in total. The molecule has 0 atom stereocenters. The van der Waals surface area contributed by atoms with E-state index in [0.717, 1.165) is 66.4 Å². The number of aromatic nitrogens is 4. The van der Waals surface area contributed by atoms with Crippen LogP contribution in [0.4, 0.5) is 0 Å². The number of fused-ring (bicyclic) bond motifs is 12. The van der Waals surface area contributed by atoms with Crippen LogP contribution < -0.4 is 0 Å². The molecule has 5 heterocycles. The van der Waals surface area contributed by atoms with E-state index in [-0.39, 0.29) is 0 Å². The van der Waals surface area contributed by atoms with Gasteiger partial charge in [-0.05, 0) is 100 Å². The minimum Gasteiger partial charge on any atom is -0.452 e. The zero-order valence-corrected chi connectivity index (χ0v) is 33.9. The summed E-state index contributed by atoms with van der Waals surface area (Å²) in [6.07, 6.45) is 0. The van der Waals surface area contributed by atoms with Gasteiger partial charge >= 0.3 is 0 Å². The predicted molar refractivity (Wildman–Crippen MR) is 256 cm³/mol. The fraction of sp³-hybridized carbons (Fsp3) is 0. The lowest BCUT2D eigenvalue weighted by molar-refractivity contribution is 0.666. The zero-order chi connectivity index (χ0) is 40.5. The third-order valence-corrected chi connectivity index (χ3v) is 13.9. The van der Waals surface area contributed by atoms with Crippen molar-refractivity contribution in [1.82, 2.24) is 19.1 Å². The van der Waals surface area contributed by atoms with Crippen LogP contribution in [0.2, 0.25) is 0 Å². The summed E-state index contributed by atoms with van der Waals surface area (Å²) < 4.78 is 11.1. The van der Waals surface area contributed by atoms with Gasteiger partial charge in [0.05, 0.1) is 22.1 Å². The first kappa shape index (κ1) is 33.9. The Hall–Kier alpha value is -7.93. The second-order valence-corrected chi connectivity index (χ2v) is 17.2. The molecule has 62 heavy (non-hydrogen) atoms. The van der Waals surface area contributed by atoms with E-state index < -0.39 is 0 Å². The van der Waals surface area contributed by atoms with Gasteiger partial charge in [0.15, 0.2) is 5.58 Å². The Morgan fingerprint density at radius 1 is 0.403 bits per heavy atom. The van der Waals surface area contributed by atoms with Crippen LogP contribution in [0.1, 0.15) is 0 Å². The van der Waals surface area contributed by atoms with E-state index in [1.807, 2.05) is 48.2 Å². The molecule has 0 saturated heterocycles. The summed E-state index contributed by atoms with van der Waals surface area (Å²) >= 11 is 1.87. The molecule has 6 heteroatoms. The van der Waals surface area contributed by atoms with Crippen molar-refractivity contribution in [3.05, 3.63) is 194 Å². The van der Waals surface area contributed by atoms with Crippen molar-refractivity contribution in [2.75, 3.05) is 0 Å². The number of nitrogens with zero attached hydrogens (tertiary/aromatic N) is 4. The predicted octanol–water partition coefficient (Wildman–Crippen LogP) is 15.2. The van der Waals surface area contributed by atoms with E-state index in [1.54, 1.807) is 0 Å². The lowest BCUT2D eigenvalue weighted by Gasteiger charge is -2.21. The van der Waals surface area contributed by atoms with Crippen LogP contribution in [0, 0.1) is 0 Å². The van der Waals surface area contributed by atoms with Gasteiger partial charge in [-0.3, -0.25) is 4.57 Å². The molecule has 0 saturated carbocycles. The van der Waals surface area contributed by atoms with Crippen molar-refractivity contribution in [1.29, 1.82) is 0 Å². The molecule has 9 aromatic carbocycles. The summed E-state index contributed by atoms with van der Waals surface area (Å²) in [4.78, 5) is 13.2. The summed E-state index contributed by atoms with van der Waals surface area (Å²) in [5, 5.41) is 8.38. The van der Waals surface area contributed by atoms with E-state index in [4.69, 9.17) is 14.4 Å². The van der Waals surface area contributed by atoms with Crippen molar-refractivity contribution in [3.63, 3.8) is 0 Å². The van der Waals surface area contributed by atoms with Crippen LogP contribution in [-0.2, 0) is 0 Å². The summed E-state index contributed by atoms with van der Waals surface area (Å²) in [5.41, 5.74) is 14.6. The smallest absolute Gasteiger partial charge is 0.236 e. The van der Waals surface area contributed by atoms with E-state index in [1.165, 1.54) is 53.5 Å². The van der Waals surface area contributed by atoms with Gasteiger partial charge in [0.1, 0.15) is 16.8 Å². The molecule has 0 unspecified atom stereocenters. The second kappa shape index (κ2) is 12.8. The van der Waals surface area contributed by atoms with Crippen LogP contribution >= 0.6 is 11.8 Å². The van der Waals surface area contributed by atoms with Gasteiger partial charge in [-0.15, -0.1) is 0 Å². The Labute approximate surface area is 359 Å². The number of hydrogen-bond donors (Lipinski definition) is 0. The van der Waals surface area contributed by atoms with Gasteiger partial charge in [-0.1, -0.05) is 133 Å². The molecular formula is C56H32N4OS. The molecule has 0 amide bonds. The Kier molecular flexibility index (Phi) is 6.98. The van der Waals surface area contributed by atoms with Gasteiger partial charge in [0.2, 0.25) is 5.95 Å². The highest BCUT2D eigenvalue weighted by Crippen LogP contribution is 2.51. The van der Waals surface area contributed by atoms with Crippen LogP contribution in [0.3, 0.4) is 0 Å². The van der Waals surface area contributed by atoms with Crippen LogP contribution in [0.25, 0.3) is 122 Å². The van der Waals surface area contributed by atoms with Crippen LogP contribution in [0.5, 0.6) is 0 Å². The Balaban J connectivity index is 1.01. The van der Waals surface area contributed by atoms with E-state index in [2.05, 4.69) is 167 Å². The monoisotopic (exact) mass is 808 g/mol. The topological polar surface area (TPSA) is 48.8 Å². The molecule has 13 aromatic rings. The maximum absolute atomic E-state index is 6.46. The number of benzene rings is 9. The summed E-state index contributed by atoms with van der Waals surface area (Å²) in [6, 6.07) is 69.6. The van der Waals surface area contributed by atoms with Crippen molar-refractivity contribution < 1.29 is 4.42 Å². The summed E-state index contributed by atoms with van der Waals surface area (Å²) in [5.74, 6) is 0.608. The first-order valence-electron chi connectivity index (χ1n) is 20.9. The van der Waals surface area contributed by atoms with Crippen LogP contribution in [-0.4, -0.2) is 19.1 Å². The number of furan rings is 1. The molecule has 1 aliphatic heterocycles. The van der Waals surface area contributed by atoms with E-state index in [9.17, 15) is 0 Å². The summed E-state index contributed by atoms with van der Waals surface area (Å²) in [7, 11) is 0. The van der Waals surface area contributed by atoms with E-state index in [0.29, 0.717) is 11.5 Å². The number of rotatable bonds is 4. The molecule has 0 fully saturated rings. The standard InChI is InChI=1S/C56H32N4OS/c1-3-14-33(15-4-1)53-55-54(39-20-8-11-23-48(39)61-55)58-56(57-53)60-44-22-10-7-18-37(44)41-30-34(26-28-45(41)60)35-27-29-46-43(31-35)51-40-21-13-25-50-52(40)42(38-19-9-12-24-49(38)62-50)32-47(51)59(46)36-16-5-2-6-17-36/h1-32H. The average molecular weight is 809 g/mol. The fourth-order valence-electron chi connectivity index (χ4n) is 10.0. The maximum atomic E-state index is 6.46. The molecule has 14 rings (SSSR count). The molecule has 0 aliphatic carbocycles. The third kappa shape index (κ3) is 4.75. The molecule has 1 aliphatic rings.